The van der Waals surface area contributed by atoms with E-state index in [-0.39, 0.29) is 0 Å². The van der Waals surface area contributed by atoms with Crippen LogP contribution in [0.2, 0.25) is 0 Å². The van der Waals surface area contributed by atoms with Gasteiger partial charge in [0, 0.05) is 9.77 Å². The third kappa shape index (κ3) is 3.29. The van der Waals surface area contributed by atoms with Crippen molar-refractivity contribution >= 4 is 34.0 Å². The van der Waals surface area contributed by atoms with Crippen LogP contribution in [-0.2, 0) is 6.54 Å². The maximum atomic E-state index is 5.91. The summed E-state index contributed by atoms with van der Waals surface area (Å²) in [6.07, 6.45) is 3.53. The van der Waals surface area contributed by atoms with Crippen LogP contribution in [0.5, 0.6) is 0 Å². The number of nitrogens with two attached hydrogens (primary N) is 1. The van der Waals surface area contributed by atoms with E-state index in [4.69, 9.17) is 5.73 Å². The maximum absolute atomic E-state index is 5.91. The molecule has 1 aromatic heterocycles. The standard InChI is InChI=1S/C12H13IN4/c1-8-5-16-10(6-15-8)7-17-12-3-2-9(13)4-11(12)14/h2-6,17H,7,14H2,1H3. The third-order valence-corrected chi connectivity index (χ3v) is 2.98. The predicted octanol–water partition coefficient (Wildman–Crippen LogP) is 2.58. The van der Waals surface area contributed by atoms with E-state index in [1.807, 2.05) is 25.1 Å². The number of aryl methyl sites for hydroxylation is 1. The molecule has 17 heavy (non-hydrogen) atoms. The summed E-state index contributed by atoms with van der Waals surface area (Å²) >= 11 is 2.24. The highest BCUT2D eigenvalue weighted by Crippen LogP contribution is 2.21. The van der Waals surface area contributed by atoms with Gasteiger partial charge in [-0.1, -0.05) is 0 Å². The Morgan fingerprint density at radius 1 is 1.29 bits per heavy atom. The summed E-state index contributed by atoms with van der Waals surface area (Å²) in [7, 11) is 0. The van der Waals surface area contributed by atoms with Crippen molar-refractivity contribution in [3.05, 3.63) is 45.6 Å². The number of aromatic nitrogens is 2. The lowest BCUT2D eigenvalue weighted by atomic mass is 10.2. The molecule has 2 aromatic rings. The topological polar surface area (TPSA) is 63.8 Å². The summed E-state index contributed by atoms with van der Waals surface area (Å²) in [5.41, 5.74) is 9.39. The minimum Gasteiger partial charge on any atom is -0.397 e. The molecule has 88 valence electrons. The molecule has 0 amide bonds. The molecule has 0 unspecified atom stereocenters. The van der Waals surface area contributed by atoms with Crippen molar-refractivity contribution in [2.75, 3.05) is 11.1 Å². The second kappa shape index (κ2) is 5.31. The molecule has 2 rings (SSSR count). The van der Waals surface area contributed by atoms with Crippen LogP contribution in [0.4, 0.5) is 11.4 Å². The molecule has 3 N–H and O–H groups in total. The van der Waals surface area contributed by atoms with Crippen molar-refractivity contribution in [2.24, 2.45) is 0 Å². The minimum atomic E-state index is 0.623. The molecular weight excluding hydrogens is 327 g/mol. The minimum absolute atomic E-state index is 0.623. The smallest absolute Gasteiger partial charge is 0.0777 e. The second-order valence-electron chi connectivity index (χ2n) is 3.73. The number of nitrogens with one attached hydrogen (secondary N) is 1. The zero-order valence-corrected chi connectivity index (χ0v) is 11.6. The number of hydrogen-bond donors (Lipinski definition) is 2. The molecule has 0 radical (unpaired) electrons. The molecule has 0 fully saturated rings. The van der Waals surface area contributed by atoms with Crippen LogP contribution in [0.3, 0.4) is 0 Å². The normalized spacial score (nSPS) is 10.2. The van der Waals surface area contributed by atoms with Crippen molar-refractivity contribution in [3.63, 3.8) is 0 Å². The molecule has 1 heterocycles. The Kier molecular flexibility index (Phi) is 3.78. The SMILES string of the molecule is Cc1cnc(CNc2ccc(I)cc2N)cn1. The largest absolute Gasteiger partial charge is 0.397 e. The lowest BCUT2D eigenvalue weighted by Gasteiger charge is -2.09. The average molecular weight is 340 g/mol. The van der Waals surface area contributed by atoms with Crippen LogP contribution in [0.25, 0.3) is 0 Å². The monoisotopic (exact) mass is 340 g/mol. The van der Waals surface area contributed by atoms with Gasteiger partial charge in [-0.15, -0.1) is 0 Å². The van der Waals surface area contributed by atoms with Crippen molar-refractivity contribution in [2.45, 2.75) is 13.5 Å². The number of anilines is 2. The fourth-order valence-corrected chi connectivity index (χ4v) is 1.91. The molecule has 0 saturated carbocycles. The van der Waals surface area contributed by atoms with E-state index in [1.54, 1.807) is 12.4 Å². The molecule has 0 aliphatic heterocycles. The summed E-state index contributed by atoms with van der Waals surface area (Å²) in [6.45, 7) is 2.54. The van der Waals surface area contributed by atoms with Crippen LogP contribution in [0.15, 0.2) is 30.6 Å². The van der Waals surface area contributed by atoms with Gasteiger partial charge in [0.1, 0.15) is 0 Å². The lowest BCUT2D eigenvalue weighted by Crippen LogP contribution is -2.04. The molecule has 0 bridgehead atoms. The highest BCUT2D eigenvalue weighted by atomic mass is 127. The van der Waals surface area contributed by atoms with Crippen LogP contribution in [0, 0.1) is 10.5 Å². The molecule has 5 heteroatoms. The van der Waals surface area contributed by atoms with Crippen LogP contribution in [-0.4, -0.2) is 9.97 Å². The van der Waals surface area contributed by atoms with Gasteiger partial charge in [-0.25, -0.2) is 0 Å². The van der Waals surface area contributed by atoms with Crippen molar-refractivity contribution in [3.8, 4) is 0 Å². The van der Waals surface area contributed by atoms with Gasteiger partial charge < -0.3 is 11.1 Å². The van der Waals surface area contributed by atoms with Crippen LogP contribution in [0.1, 0.15) is 11.4 Å². The van der Waals surface area contributed by atoms with E-state index in [9.17, 15) is 0 Å². The molecule has 0 aliphatic carbocycles. The Labute approximate surface area is 114 Å². The van der Waals surface area contributed by atoms with Gasteiger partial charge >= 0.3 is 0 Å². The van der Waals surface area contributed by atoms with E-state index >= 15 is 0 Å². The fourth-order valence-electron chi connectivity index (χ4n) is 1.39. The maximum Gasteiger partial charge on any atom is 0.0777 e. The van der Waals surface area contributed by atoms with Gasteiger partial charge in [0.2, 0.25) is 0 Å². The van der Waals surface area contributed by atoms with Gasteiger partial charge in [0.15, 0.2) is 0 Å². The Hall–Kier alpha value is -1.37. The zero-order valence-electron chi connectivity index (χ0n) is 9.44. The first-order valence-corrected chi connectivity index (χ1v) is 6.29. The van der Waals surface area contributed by atoms with Crippen LogP contribution < -0.4 is 11.1 Å². The number of benzene rings is 1. The molecule has 0 spiro atoms. The third-order valence-electron chi connectivity index (χ3n) is 2.31. The van der Waals surface area contributed by atoms with E-state index in [0.29, 0.717) is 6.54 Å². The average Bonchev–Trinajstić information content (AvgIpc) is 2.30. The summed E-state index contributed by atoms with van der Waals surface area (Å²) in [5, 5.41) is 3.25. The van der Waals surface area contributed by atoms with E-state index in [0.717, 1.165) is 26.3 Å². The van der Waals surface area contributed by atoms with Crippen LogP contribution >= 0.6 is 22.6 Å². The number of halogens is 1. The highest BCUT2D eigenvalue weighted by Gasteiger charge is 2.00. The van der Waals surface area contributed by atoms with Gasteiger partial charge in [-0.05, 0) is 47.7 Å². The summed E-state index contributed by atoms with van der Waals surface area (Å²) in [4.78, 5) is 8.47. The first-order chi connectivity index (χ1) is 8.15. The lowest BCUT2D eigenvalue weighted by molar-refractivity contribution is 0.985. The second-order valence-corrected chi connectivity index (χ2v) is 4.98. The van der Waals surface area contributed by atoms with Crippen molar-refractivity contribution < 1.29 is 0 Å². The number of nitrogen functional groups attached to an aromatic ring is 1. The van der Waals surface area contributed by atoms with Gasteiger partial charge in [0.05, 0.1) is 35.5 Å². The molecule has 1 aromatic carbocycles. The summed E-state index contributed by atoms with van der Waals surface area (Å²) in [6, 6.07) is 5.92. The van der Waals surface area contributed by atoms with E-state index in [1.165, 1.54) is 0 Å². The quantitative estimate of drug-likeness (QED) is 0.666. The first-order valence-electron chi connectivity index (χ1n) is 5.21. The Morgan fingerprint density at radius 3 is 2.76 bits per heavy atom. The summed E-state index contributed by atoms with van der Waals surface area (Å²) in [5.74, 6) is 0. The summed E-state index contributed by atoms with van der Waals surface area (Å²) < 4.78 is 1.13. The van der Waals surface area contributed by atoms with E-state index in [2.05, 4.69) is 37.9 Å². The molecule has 0 atom stereocenters. The zero-order chi connectivity index (χ0) is 12.3. The molecule has 4 nitrogen and oxygen atoms in total. The Morgan fingerprint density at radius 2 is 2.12 bits per heavy atom. The predicted molar refractivity (Wildman–Crippen MR) is 77.7 cm³/mol. The van der Waals surface area contributed by atoms with Crippen molar-refractivity contribution in [1.82, 2.24) is 9.97 Å². The highest BCUT2D eigenvalue weighted by molar-refractivity contribution is 14.1. The Bertz CT molecular complexity index is 510. The van der Waals surface area contributed by atoms with Gasteiger partial charge in [-0.2, -0.15) is 0 Å². The number of nitrogens with zero attached hydrogens (tertiary/aromatic N) is 2. The van der Waals surface area contributed by atoms with Gasteiger partial charge in [-0.3, -0.25) is 9.97 Å². The Balaban J connectivity index is 2.04. The number of hydrogen-bond acceptors (Lipinski definition) is 4. The number of rotatable bonds is 3. The van der Waals surface area contributed by atoms with Gasteiger partial charge in [0.25, 0.3) is 0 Å². The first kappa shape index (κ1) is 12.1. The molecular formula is C12H13IN4. The molecule has 0 saturated heterocycles. The molecule has 0 aliphatic rings. The van der Waals surface area contributed by atoms with Crippen molar-refractivity contribution in [1.29, 1.82) is 0 Å². The fraction of sp³-hybridized carbons (Fsp3) is 0.167. The van der Waals surface area contributed by atoms with E-state index < -0.39 is 0 Å².